The fourth-order valence-electron chi connectivity index (χ4n) is 3.59. The molecule has 2 aliphatic heterocycles. The van der Waals surface area contributed by atoms with Gasteiger partial charge in [-0.15, -0.1) is 31.8 Å². The Morgan fingerprint density at radius 3 is 1.74 bits per heavy atom. The van der Waals surface area contributed by atoms with Gasteiger partial charge in [0.25, 0.3) is 0 Å². The maximum Gasteiger partial charge on any atom is 0.366 e. The van der Waals surface area contributed by atoms with Crippen molar-refractivity contribution < 1.29 is 71.0 Å². The van der Waals surface area contributed by atoms with Crippen molar-refractivity contribution in [1.29, 1.82) is 0 Å². The number of halogens is 2. The maximum atomic E-state index is 8.49. The first-order chi connectivity index (χ1) is 17.7. The topological polar surface area (TPSA) is 220 Å². The minimum Gasteiger partial charge on any atom is -0.457 e. The van der Waals surface area contributed by atoms with Crippen LogP contribution in [0.15, 0.2) is 49.6 Å². The Hall–Kier alpha value is -2.72. The van der Waals surface area contributed by atoms with E-state index in [9.17, 15) is 0 Å². The Morgan fingerprint density at radius 2 is 1.21 bits per heavy atom. The molecule has 3 aromatic rings. The highest BCUT2D eigenvalue weighted by Crippen LogP contribution is 2.30. The minimum absolute atomic E-state index is 0.767. The Morgan fingerprint density at radius 1 is 0.684 bits per heavy atom. The first-order valence-corrected chi connectivity index (χ1v) is 14.1. The Balaban J connectivity index is 0.000000344. The maximum absolute atomic E-state index is 8.49. The second kappa shape index (κ2) is 12.4. The molecule has 0 saturated heterocycles. The van der Waals surface area contributed by atoms with Crippen LogP contribution in [-0.2, 0) is 12.8 Å². The van der Waals surface area contributed by atoms with E-state index in [2.05, 4.69) is 32.0 Å². The molecule has 14 heteroatoms. The van der Waals surface area contributed by atoms with Crippen LogP contribution in [0.1, 0.15) is 48.0 Å². The van der Waals surface area contributed by atoms with Gasteiger partial charge in [0.05, 0.1) is 36.4 Å². The lowest BCUT2D eigenvalue weighted by molar-refractivity contribution is -2.00. The van der Waals surface area contributed by atoms with E-state index in [0.29, 0.717) is 0 Å². The third-order valence-corrected chi connectivity index (χ3v) is 6.07. The van der Waals surface area contributed by atoms with E-state index in [0.717, 1.165) is 57.3 Å². The molecule has 0 aliphatic carbocycles. The summed E-state index contributed by atoms with van der Waals surface area (Å²) in [6, 6.07) is 12.3. The molecule has 8 bridgehead atoms. The van der Waals surface area contributed by atoms with E-state index < -0.39 is 20.5 Å². The molecule has 0 fully saturated rings. The molecular weight excluding hydrogens is 567 g/mol. The lowest BCUT2D eigenvalue weighted by Crippen LogP contribution is -2.68. The molecule has 11 nitrogen and oxygen atoms in total. The third-order valence-electron chi connectivity index (χ3n) is 4.97. The number of aryl methyl sites for hydroxylation is 1. The summed E-state index contributed by atoms with van der Waals surface area (Å²) < 4.78 is 88.6. The second-order valence-corrected chi connectivity index (χ2v) is 10.1. The van der Waals surface area contributed by atoms with Gasteiger partial charge in [-0.25, -0.2) is 46.1 Å². The van der Waals surface area contributed by atoms with Crippen LogP contribution in [0.4, 0.5) is 0 Å². The van der Waals surface area contributed by atoms with Crippen LogP contribution < -0.4 is 37.3 Å². The van der Waals surface area contributed by atoms with Crippen LogP contribution in [0.25, 0.3) is 44.9 Å². The zero-order valence-corrected chi connectivity index (χ0v) is 22.2. The minimum atomic E-state index is -4.94. The van der Waals surface area contributed by atoms with Crippen molar-refractivity contribution in [3.63, 3.8) is 0 Å². The van der Waals surface area contributed by atoms with Crippen LogP contribution in [-0.4, -0.2) is 0 Å². The van der Waals surface area contributed by atoms with Crippen LogP contribution in [0.3, 0.4) is 0 Å². The molecule has 0 amide bonds. The average Bonchev–Trinajstić information content (AvgIpc) is 3.57. The van der Waals surface area contributed by atoms with Gasteiger partial charge in [-0.3, -0.25) is 0 Å². The number of furan rings is 1. The lowest BCUT2D eigenvalue weighted by Gasteiger charge is -2.17. The fourth-order valence-corrected chi connectivity index (χ4v) is 4.66. The van der Waals surface area contributed by atoms with Gasteiger partial charge >= 0.3 is 23.0 Å². The van der Waals surface area contributed by atoms with E-state index in [4.69, 9.17) is 50.5 Å². The van der Waals surface area contributed by atoms with Crippen molar-refractivity contribution in [2.24, 2.45) is 0 Å². The van der Waals surface area contributed by atoms with Gasteiger partial charge in [0.15, 0.2) is 5.56 Å². The number of rotatable bonds is 2. The summed E-state index contributed by atoms with van der Waals surface area (Å²) in [5.74, 6) is 3.29. The largest absolute Gasteiger partial charge is 0.457 e. The quantitative estimate of drug-likeness (QED) is 0.210. The smallest absolute Gasteiger partial charge is 0.366 e. The standard InChI is InChI=1S/C24H20O3S.2ClHO4/c1-3-19-21-9-5-15(25-21)13-16-6-11-23(26-16)20(4-2)24-12-8-18(28-24)14-17-7-10-22(19)27-17;2*2-1(3,4)5/h5-14H,3-4H2,1-2H3;2*(H,2,3,4,5)/q+2;;/p-2. The highest BCUT2D eigenvalue weighted by Gasteiger charge is 2.27. The summed E-state index contributed by atoms with van der Waals surface area (Å²) in [6.45, 7) is 4.26. The highest BCUT2D eigenvalue weighted by atomic mass is 35.7. The molecule has 0 unspecified atom stereocenters. The SMILES string of the molecule is CCc1c2[o+]c(cc3ccc(o3)c(CC)c3ccc(cc4[o+]c1C=C4)s3)C=C2.[O-][Cl+3]([O-])([O-])[O-].[O-][Cl+3]([O-])([O-])[O-]. The number of thiophene rings is 1. The van der Waals surface area contributed by atoms with E-state index in [1.165, 1.54) is 10.3 Å². The van der Waals surface area contributed by atoms with Crippen LogP contribution in [0.2, 0.25) is 0 Å². The van der Waals surface area contributed by atoms with Crippen molar-refractivity contribution in [3.8, 4) is 0 Å². The fraction of sp³-hybridized carbons (Fsp3) is 0.167. The normalized spacial score (nSPS) is 12.5. The second-order valence-electron chi connectivity index (χ2n) is 7.52. The molecular formula is C24H20Cl2O11S. The van der Waals surface area contributed by atoms with Crippen molar-refractivity contribution in [3.05, 3.63) is 70.6 Å². The molecule has 0 aromatic carbocycles. The van der Waals surface area contributed by atoms with Crippen LogP contribution >= 0.6 is 11.3 Å². The van der Waals surface area contributed by atoms with Crippen molar-refractivity contribution in [2.75, 3.05) is 0 Å². The van der Waals surface area contributed by atoms with Crippen molar-refractivity contribution >= 4 is 56.2 Å². The molecule has 38 heavy (non-hydrogen) atoms. The summed E-state index contributed by atoms with van der Waals surface area (Å²) in [7, 11) is -9.89. The van der Waals surface area contributed by atoms with Crippen LogP contribution in [0.5, 0.6) is 0 Å². The molecule has 0 saturated carbocycles. The van der Waals surface area contributed by atoms with Gasteiger partial charge in [-0.1, -0.05) is 13.8 Å². The predicted molar refractivity (Wildman–Crippen MR) is 117 cm³/mol. The third kappa shape index (κ3) is 9.23. The molecule has 3 aromatic heterocycles. The summed E-state index contributed by atoms with van der Waals surface area (Å²) in [6.07, 6.45) is 9.72. The first-order valence-electron chi connectivity index (χ1n) is 10.8. The summed E-state index contributed by atoms with van der Waals surface area (Å²) in [5, 5.41) is 0. The molecule has 5 rings (SSSR count). The van der Waals surface area contributed by atoms with Gasteiger partial charge in [0.1, 0.15) is 11.2 Å². The Bertz CT molecular complexity index is 1380. The van der Waals surface area contributed by atoms with E-state index >= 15 is 0 Å². The number of hydrogen-bond acceptors (Lipinski definition) is 10. The molecule has 0 N–H and O–H groups in total. The lowest BCUT2D eigenvalue weighted by atomic mass is 10.1. The number of fused-ring (bicyclic) bond motifs is 8. The molecule has 0 atom stereocenters. The highest BCUT2D eigenvalue weighted by molar-refractivity contribution is 7.23. The van der Waals surface area contributed by atoms with Gasteiger partial charge in [-0.2, -0.15) is 0 Å². The molecule has 0 spiro atoms. The van der Waals surface area contributed by atoms with Crippen molar-refractivity contribution in [2.45, 2.75) is 26.7 Å². The van der Waals surface area contributed by atoms with Gasteiger partial charge < -0.3 is 4.42 Å². The van der Waals surface area contributed by atoms with Gasteiger partial charge in [0, 0.05) is 15.0 Å². The van der Waals surface area contributed by atoms with Crippen LogP contribution in [0, 0.1) is 20.5 Å². The van der Waals surface area contributed by atoms with E-state index in [1.54, 1.807) is 11.3 Å². The van der Waals surface area contributed by atoms with E-state index in [-0.39, 0.29) is 0 Å². The zero-order valence-electron chi connectivity index (χ0n) is 19.8. The average molecular weight is 587 g/mol. The van der Waals surface area contributed by atoms with Gasteiger partial charge in [-0.05, 0) is 37.1 Å². The summed E-state index contributed by atoms with van der Waals surface area (Å²) >= 11 is 1.75. The predicted octanol–water partition coefficient (Wildman–Crippen LogP) is -1.78. The zero-order chi connectivity index (χ0) is 28.1. The summed E-state index contributed by atoms with van der Waals surface area (Å²) in [5.41, 5.74) is 3.95. The molecule has 2 aliphatic rings. The van der Waals surface area contributed by atoms with Crippen molar-refractivity contribution in [1.82, 2.24) is 0 Å². The van der Waals surface area contributed by atoms with E-state index in [1.807, 2.05) is 42.5 Å². The Labute approximate surface area is 224 Å². The molecule has 5 heterocycles. The molecule has 202 valence electrons. The monoisotopic (exact) mass is 586 g/mol. The van der Waals surface area contributed by atoms with Gasteiger partial charge in [0.2, 0.25) is 0 Å². The number of hydrogen-bond donors (Lipinski definition) is 0. The first kappa shape index (κ1) is 29.8. The Kier molecular flexibility index (Phi) is 9.75. The molecule has 0 radical (unpaired) electrons. The summed E-state index contributed by atoms with van der Waals surface area (Å²) in [4.78, 5) is 0.